The number of aliphatic carboxylic acids is 1. The lowest BCUT2D eigenvalue weighted by molar-refractivity contribution is -0.142. The highest BCUT2D eigenvalue weighted by molar-refractivity contribution is 5.74. The second-order valence-corrected chi connectivity index (χ2v) is 18.7. The van der Waals surface area contributed by atoms with Gasteiger partial charge in [0.2, 0.25) is 5.89 Å². The first-order valence-electron chi connectivity index (χ1n) is 24.0. The third kappa shape index (κ3) is 12.4. The maximum Gasteiger partial charge on any atom is 0.409 e. The number of aromatic nitrogens is 1. The quantitative estimate of drug-likeness (QED) is 0.101. The molecule has 1 aromatic heterocycles. The van der Waals surface area contributed by atoms with Gasteiger partial charge in [0.25, 0.3) is 0 Å². The van der Waals surface area contributed by atoms with E-state index in [1.54, 1.807) is 7.11 Å². The normalized spacial score (nSPS) is 22.2. The number of ether oxygens (including phenoxy) is 6. The number of rotatable bonds is 16. The first-order chi connectivity index (χ1) is 33.0. The average molecular weight is 928 g/mol. The minimum absolute atomic E-state index is 0.0771. The molecule has 5 aromatic rings. The molecule has 2 unspecified atom stereocenters. The van der Waals surface area contributed by atoms with Crippen molar-refractivity contribution in [2.45, 2.75) is 71.8 Å². The molecule has 0 radical (unpaired) electrons. The lowest BCUT2D eigenvalue weighted by Gasteiger charge is -2.24. The number of aryl methyl sites for hydroxylation is 1. The minimum atomic E-state index is -0.892. The minimum Gasteiger partial charge on any atom is -0.497 e. The van der Waals surface area contributed by atoms with Crippen molar-refractivity contribution in [3.05, 3.63) is 144 Å². The molecule has 4 aliphatic rings. The third-order valence-corrected chi connectivity index (χ3v) is 13.2. The SMILES string of the molecule is C=C1OC(c2ccc(OC3CCCCO3)cc2)[C@@H]2CN(Cc3ccccc3)C[C@H]12.COc1cccc(-c2nc(CCOc3ccc(C[C@@H]4CN(C(=O)OCC(C)C)C[C@@H]4C(=O)O)cc3)c(C)o2)c1. The zero-order valence-electron chi connectivity index (χ0n) is 39.7. The van der Waals surface area contributed by atoms with Crippen LogP contribution in [0.3, 0.4) is 0 Å². The molecular weight excluding hydrogens is 863 g/mol. The Morgan fingerprint density at radius 3 is 2.38 bits per heavy atom. The molecule has 0 spiro atoms. The molecule has 1 amide bonds. The van der Waals surface area contributed by atoms with Crippen LogP contribution in [0.4, 0.5) is 4.79 Å². The van der Waals surface area contributed by atoms with Crippen LogP contribution in [0.25, 0.3) is 11.5 Å². The van der Waals surface area contributed by atoms with Crippen LogP contribution in [0.1, 0.15) is 67.4 Å². The molecule has 6 atom stereocenters. The summed E-state index contributed by atoms with van der Waals surface area (Å²) in [4.78, 5) is 32.9. The van der Waals surface area contributed by atoms with Gasteiger partial charge in [-0.2, -0.15) is 0 Å². The molecule has 9 rings (SSSR count). The fourth-order valence-corrected chi connectivity index (χ4v) is 9.54. The lowest BCUT2D eigenvalue weighted by Crippen LogP contribution is -2.31. The van der Waals surface area contributed by atoms with Gasteiger partial charge in [-0.25, -0.2) is 9.78 Å². The Hall–Kier alpha value is -6.31. The number of methoxy groups -OCH3 is 1. The van der Waals surface area contributed by atoms with Crippen LogP contribution in [-0.4, -0.2) is 91.4 Å². The molecule has 1 N–H and O–H groups in total. The van der Waals surface area contributed by atoms with E-state index in [1.165, 1.54) is 22.4 Å². The first-order valence-corrected chi connectivity index (χ1v) is 24.0. The van der Waals surface area contributed by atoms with Gasteiger partial charge >= 0.3 is 12.1 Å². The molecule has 0 aliphatic carbocycles. The molecule has 68 heavy (non-hydrogen) atoms. The molecule has 360 valence electrons. The van der Waals surface area contributed by atoms with Crippen LogP contribution < -0.4 is 14.2 Å². The second kappa shape index (κ2) is 22.7. The second-order valence-electron chi connectivity index (χ2n) is 18.7. The third-order valence-electron chi connectivity index (χ3n) is 13.2. The number of carboxylic acid groups (broad SMARTS) is 1. The summed E-state index contributed by atoms with van der Waals surface area (Å²) < 4.78 is 40.2. The van der Waals surface area contributed by atoms with E-state index in [0.717, 1.165) is 78.9 Å². The van der Waals surface area contributed by atoms with E-state index in [2.05, 4.69) is 58.9 Å². The molecular formula is C55H65N3O10. The number of nitrogens with zero attached hydrogens (tertiary/aromatic N) is 3. The van der Waals surface area contributed by atoms with Crippen LogP contribution >= 0.6 is 0 Å². The van der Waals surface area contributed by atoms with E-state index in [0.29, 0.717) is 56.1 Å². The van der Waals surface area contributed by atoms with Crippen molar-refractivity contribution < 1.29 is 47.5 Å². The summed E-state index contributed by atoms with van der Waals surface area (Å²) >= 11 is 0. The Labute approximate surface area is 400 Å². The molecule has 0 saturated carbocycles. The van der Waals surface area contributed by atoms with Crippen LogP contribution in [-0.2, 0) is 38.4 Å². The summed E-state index contributed by atoms with van der Waals surface area (Å²) in [6.07, 6.45) is 3.93. The first kappa shape index (κ1) is 48.2. The van der Waals surface area contributed by atoms with Gasteiger partial charge in [0.1, 0.15) is 29.1 Å². The van der Waals surface area contributed by atoms with Crippen molar-refractivity contribution in [3.63, 3.8) is 0 Å². The fraction of sp³-hybridized carbons (Fsp3) is 0.436. The van der Waals surface area contributed by atoms with Crippen molar-refractivity contribution in [2.24, 2.45) is 29.6 Å². The zero-order chi connectivity index (χ0) is 47.6. The van der Waals surface area contributed by atoms with E-state index in [9.17, 15) is 14.7 Å². The van der Waals surface area contributed by atoms with E-state index in [1.807, 2.05) is 81.4 Å². The Kier molecular flexibility index (Phi) is 16.0. The van der Waals surface area contributed by atoms with Gasteiger partial charge in [0, 0.05) is 63.0 Å². The average Bonchev–Trinajstić information content (AvgIpc) is 4.14. The Morgan fingerprint density at radius 2 is 1.66 bits per heavy atom. The lowest BCUT2D eigenvalue weighted by atomic mass is 9.89. The zero-order valence-corrected chi connectivity index (χ0v) is 39.7. The van der Waals surface area contributed by atoms with Crippen molar-refractivity contribution in [1.29, 1.82) is 0 Å². The van der Waals surface area contributed by atoms with Gasteiger partial charge in [-0.3, -0.25) is 9.69 Å². The van der Waals surface area contributed by atoms with Gasteiger partial charge < -0.3 is 42.8 Å². The Balaban J connectivity index is 0.000000191. The fourth-order valence-electron chi connectivity index (χ4n) is 9.54. The molecule has 13 nitrogen and oxygen atoms in total. The van der Waals surface area contributed by atoms with E-state index in [-0.39, 0.29) is 30.8 Å². The summed E-state index contributed by atoms with van der Waals surface area (Å²) in [5, 5.41) is 9.71. The smallest absolute Gasteiger partial charge is 0.409 e. The Morgan fingerprint density at radius 1 is 0.882 bits per heavy atom. The highest BCUT2D eigenvalue weighted by Gasteiger charge is 2.47. The predicted octanol–water partition coefficient (Wildman–Crippen LogP) is 10.2. The predicted molar refractivity (Wildman–Crippen MR) is 257 cm³/mol. The van der Waals surface area contributed by atoms with Crippen molar-refractivity contribution in [3.8, 4) is 28.7 Å². The number of likely N-dealkylation sites (tertiary alicyclic amines) is 2. The number of carboxylic acids is 1. The van der Waals surface area contributed by atoms with Crippen molar-refractivity contribution in [1.82, 2.24) is 14.8 Å². The maximum absolute atomic E-state index is 12.4. The van der Waals surface area contributed by atoms with Gasteiger partial charge in [0.15, 0.2) is 6.29 Å². The van der Waals surface area contributed by atoms with E-state index < -0.39 is 18.0 Å². The molecule has 4 saturated heterocycles. The number of hydrogen-bond donors (Lipinski definition) is 1. The molecule has 4 aliphatic heterocycles. The van der Waals surface area contributed by atoms with E-state index in [4.69, 9.17) is 32.8 Å². The van der Waals surface area contributed by atoms with Gasteiger partial charge in [0.05, 0.1) is 44.3 Å². The topological polar surface area (TPSA) is 142 Å². The number of carbonyl (C=O) groups is 2. The largest absolute Gasteiger partial charge is 0.497 e. The number of amides is 1. The van der Waals surface area contributed by atoms with Gasteiger partial charge in [-0.15, -0.1) is 0 Å². The molecule has 4 aromatic carbocycles. The van der Waals surface area contributed by atoms with Crippen molar-refractivity contribution in [2.75, 3.05) is 53.1 Å². The van der Waals surface area contributed by atoms with Crippen molar-refractivity contribution >= 4 is 12.1 Å². The standard InChI is InChI=1S/C30H36N2O7.C25H29NO3/c1-19(2)18-38-30(35)32-16-23(26(17-32)29(33)34)14-21-8-10-24(11-9-21)37-13-12-27-20(3)39-28(31-27)22-6-5-7-25(15-22)36-4;1-18-22-16-26(15-19-7-3-2-4-8-19)17-23(22)25(28-18)20-10-12-21(13-11-20)29-24-9-5-6-14-27-24/h5-11,15,19,23,26H,12-14,16-18H2,1-4H3,(H,33,34);2-4,7-8,10-13,22-25H,1,5-6,9,14-17H2/t23-,26+;22-,23-,24?,25?/m11/s1. The number of carbonyl (C=O) groups excluding carboxylic acids is 1. The molecule has 13 heteroatoms. The van der Waals surface area contributed by atoms with E-state index >= 15 is 0 Å². The van der Waals surface area contributed by atoms with Gasteiger partial charge in [-0.1, -0.05) is 81.1 Å². The van der Waals surface area contributed by atoms with Crippen LogP contribution in [0.5, 0.6) is 17.2 Å². The number of fused-ring (bicyclic) bond motifs is 1. The summed E-state index contributed by atoms with van der Waals surface area (Å²) in [7, 11) is 1.62. The van der Waals surface area contributed by atoms with Gasteiger partial charge in [-0.05, 0) is 97.2 Å². The number of oxazole rings is 1. The molecule has 0 bridgehead atoms. The highest BCUT2D eigenvalue weighted by Crippen LogP contribution is 2.48. The number of benzene rings is 4. The highest BCUT2D eigenvalue weighted by atomic mass is 16.7. The number of hydrogen-bond acceptors (Lipinski definition) is 11. The summed E-state index contributed by atoms with van der Waals surface area (Å²) in [6.45, 7) is 15.2. The maximum atomic E-state index is 12.4. The monoisotopic (exact) mass is 927 g/mol. The molecule has 4 fully saturated rings. The van der Waals surface area contributed by atoms with Crippen LogP contribution in [0.15, 0.2) is 120 Å². The summed E-state index contributed by atoms with van der Waals surface area (Å²) in [6, 6.07) is 34.3. The van der Waals surface area contributed by atoms with Crippen LogP contribution in [0, 0.1) is 36.5 Å². The summed E-state index contributed by atoms with van der Waals surface area (Å²) in [5.41, 5.74) is 5.25. The van der Waals surface area contributed by atoms with Crippen LogP contribution in [0.2, 0.25) is 0 Å². The molecule has 5 heterocycles. The summed E-state index contributed by atoms with van der Waals surface area (Å²) in [5.74, 6) is 3.94. The Bertz CT molecular complexity index is 2430.